The predicted molar refractivity (Wildman–Crippen MR) is 70.4 cm³/mol. The standard InChI is InChI=1S/C12H21N3O5/c1-6(2)10(14-7(3)16)11(18)15-8(12(19)20)4-5-9(13)17/h6,8,10H,4-5H2,1-3H3,(H2,13,17)(H,14,16)(H,15,18)(H,19,20)/t8-,10-/m0/s1. The van der Waals surface area contributed by atoms with E-state index < -0.39 is 29.9 Å². The summed E-state index contributed by atoms with van der Waals surface area (Å²) in [4.78, 5) is 44.7. The molecule has 0 aliphatic carbocycles. The number of aliphatic carboxylic acids is 1. The van der Waals surface area contributed by atoms with E-state index in [-0.39, 0.29) is 24.7 Å². The highest BCUT2D eigenvalue weighted by atomic mass is 16.4. The number of nitrogens with two attached hydrogens (primary N) is 1. The fourth-order valence-electron chi connectivity index (χ4n) is 1.56. The lowest BCUT2D eigenvalue weighted by molar-refractivity contribution is -0.142. The van der Waals surface area contributed by atoms with Gasteiger partial charge in [0.1, 0.15) is 12.1 Å². The van der Waals surface area contributed by atoms with Crippen molar-refractivity contribution in [1.82, 2.24) is 10.6 Å². The van der Waals surface area contributed by atoms with E-state index in [1.807, 2.05) is 0 Å². The molecule has 0 aromatic heterocycles. The van der Waals surface area contributed by atoms with Gasteiger partial charge < -0.3 is 21.5 Å². The zero-order valence-corrected chi connectivity index (χ0v) is 11.8. The van der Waals surface area contributed by atoms with Crippen molar-refractivity contribution in [3.05, 3.63) is 0 Å². The van der Waals surface area contributed by atoms with E-state index in [0.717, 1.165) is 0 Å². The molecule has 0 unspecified atom stereocenters. The summed E-state index contributed by atoms with van der Waals surface area (Å²) in [5, 5.41) is 13.7. The number of rotatable bonds is 8. The molecule has 0 bridgehead atoms. The molecule has 0 rings (SSSR count). The first kappa shape index (κ1) is 17.9. The van der Waals surface area contributed by atoms with Gasteiger partial charge in [0.25, 0.3) is 0 Å². The molecule has 0 aromatic carbocycles. The van der Waals surface area contributed by atoms with Crippen LogP contribution in [0.25, 0.3) is 0 Å². The van der Waals surface area contributed by atoms with Gasteiger partial charge in [-0.3, -0.25) is 14.4 Å². The van der Waals surface area contributed by atoms with Crippen LogP contribution in [-0.4, -0.2) is 40.9 Å². The topological polar surface area (TPSA) is 139 Å². The van der Waals surface area contributed by atoms with Gasteiger partial charge in [-0.05, 0) is 12.3 Å². The summed E-state index contributed by atoms with van der Waals surface area (Å²) in [5.41, 5.74) is 4.94. The Kier molecular flexibility index (Phi) is 7.27. The number of carbonyl (C=O) groups is 4. The lowest BCUT2D eigenvalue weighted by atomic mass is 10.0. The minimum absolute atomic E-state index is 0.0959. The molecular formula is C12H21N3O5. The van der Waals surface area contributed by atoms with Crippen molar-refractivity contribution in [3.63, 3.8) is 0 Å². The van der Waals surface area contributed by atoms with E-state index in [1.165, 1.54) is 6.92 Å². The molecule has 0 heterocycles. The smallest absolute Gasteiger partial charge is 0.326 e. The first-order valence-corrected chi connectivity index (χ1v) is 6.23. The van der Waals surface area contributed by atoms with Gasteiger partial charge in [0.15, 0.2) is 0 Å². The lowest BCUT2D eigenvalue weighted by Crippen LogP contribution is -2.53. The summed E-state index contributed by atoms with van der Waals surface area (Å²) in [5.74, 6) is -3.10. The van der Waals surface area contributed by atoms with E-state index >= 15 is 0 Å². The second-order valence-electron chi connectivity index (χ2n) is 4.83. The van der Waals surface area contributed by atoms with Crippen LogP contribution in [0.4, 0.5) is 0 Å². The summed E-state index contributed by atoms with van der Waals surface area (Å²) in [6.07, 6.45) is -0.245. The van der Waals surface area contributed by atoms with Gasteiger partial charge in [-0.15, -0.1) is 0 Å². The zero-order chi connectivity index (χ0) is 15.9. The Morgan fingerprint density at radius 2 is 1.70 bits per heavy atom. The van der Waals surface area contributed by atoms with Crippen LogP contribution in [0.3, 0.4) is 0 Å². The van der Waals surface area contributed by atoms with Crippen LogP contribution >= 0.6 is 0 Å². The number of hydrogen-bond acceptors (Lipinski definition) is 4. The zero-order valence-electron chi connectivity index (χ0n) is 11.8. The molecule has 0 aromatic rings. The van der Waals surface area contributed by atoms with Crippen LogP contribution < -0.4 is 16.4 Å². The van der Waals surface area contributed by atoms with E-state index in [1.54, 1.807) is 13.8 Å². The van der Waals surface area contributed by atoms with Gasteiger partial charge in [-0.1, -0.05) is 13.8 Å². The maximum absolute atomic E-state index is 12.0. The normalized spacial score (nSPS) is 13.4. The molecular weight excluding hydrogens is 266 g/mol. The Hall–Kier alpha value is -2.12. The second-order valence-corrected chi connectivity index (χ2v) is 4.83. The van der Waals surface area contributed by atoms with Crippen molar-refractivity contribution in [2.24, 2.45) is 11.7 Å². The second kappa shape index (κ2) is 8.13. The lowest BCUT2D eigenvalue weighted by Gasteiger charge is -2.23. The van der Waals surface area contributed by atoms with Gasteiger partial charge in [0, 0.05) is 13.3 Å². The summed E-state index contributed by atoms with van der Waals surface area (Å²) < 4.78 is 0. The number of carboxylic acid groups (broad SMARTS) is 1. The molecule has 5 N–H and O–H groups in total. The van der Waals surface area contributed by atoms with E-state index in [4.69, 9.17) is 10.8 Å². The summed E-state index contributed by atoms with van der Waals surface area (Å²) in [6.45, 7) is 4.71. The number of carboxylic acids is 1. The highest BCUT2D eigenvalue weighted by Gasteiger charge is 2.27. The number of primary amides is 1. The average Bonchev–Trinajstić information content (AvgIpc) is 2.29. The third-order valence-electron chi connectivity index (χ3n) is 2.60. The Labute approximate surface area is 117 Å². The van der Waals surface area contributed by atoms with Crippen molar-refractivity contribution in [2.75, 3.05) is 0 Å². The third kappa shape index (κ3) is 6.72. The van der Waals surface area contributed by atoms with Crippen LogP contribution in [0, 0.1) is 5.92 Å². The number of carbonyl (C=O) groups excluding carboxylic acids is 3. The fraction of sp³-hybridized carbons (Fsp3) is 0.667. The third-order valence-corrected chi connectivity index (χ3v) is 2.60. The van der Waals surface area contributed by atoms with E-state index in [2.05, 4.69) is 10.6 Å². The van der Waals surface area contributed by atoms with Gasteiger partial charge in [0.2, 0.25) is 17.7 Å². The maximum Gasteiger partial charge on any atom is 0.326 e. The molecule has 0 aliphatic rings. The quantitative estimate of drug-likeness (QED) is 0.452. The predicted octanol–water partition coefficient (Wildman–Crippen LogP) is -1.02. The van der Waals surface area contributed by atoms with Crippen LogP contribution in [0.5, 0.6) is 0 Å². The van der Waals surface area contributed by atoms with Crippen molar-refractivity contribution in [3.8, 4) is 0 Å². The van der Waals surface area contributed by atoms with Crippen molar-refractivity contribution in [1.29, 1.82) is 0 Å². The van der Waals surface area contributed by atoms with E-state index in [9.17, 15) is 19.2 Å². The number of hydrogen-bond donors (Lipinski definition) is 4. The molecule has 3 amide bonds. The highest BCUT2D eigenvalue weighted by molar-refractivity contribution is 5.90. The molecule has 8 nitrogen and oxygen atoms in total. The minimum atomic E-state index is -1.26. The Morgan fingerprint density at radius 1 is 1.15 bits per heavy atom. The molecule has 8 heteroatoms. The summed E-state index contributed by atoms with van der Waals surface area (Å²) in [6, 6.07) is -2.05. The van der Waals surface area contributed by atoms with Gasteiger partial charge >= 0.3 is 5.97 Å². The molecule has 0 spiro atoms. The van der Waals surface area contributed by atoms with Gasteiger partial charge in [-0.25, -0.2) is 4.79 Å². The summed E-state index contributed by atoms with van der Waals surface area (Å²) in [7, 11) is 0. The van der Waals surface area contributed by atoms with Crippen LogP contribution in [-0.2, 0) is 19.2 Å². The first-order valence-electron chi connectivity index (χ1n) is 6.23. The molecule has 0 radical (unpaired) electrons. The van der Waals surface area contributed by atoms with Gasteiger partial charge in [0.05, 0.1) is 0 Å². The molecule has 0 saturated carbocycles. The maximum atomic E-state index is 12.0. The van der Waals surface area contributed by atoms with E-state index in [0.29, 0.717) is 0 Å². The Bertz CT molecular complexity index is 395. The minimum Gasteiger partial charge on any atom is -0.480 e. The molecule has 2 atom stereocenters. The van der Waals surface area contributed by atoms with Crippen LogP contribution in [0.1, 0.15) is 33.6 Å². The van der Waals surface area contributed by atoms with Crippen molar-refractivity contribution >= 4 is 23.7 Å². The molecule has 20 heavy (non-hydrogen) atoms. The fourth-order valence-corrected chi connectivity index (χ4v) is 1.56. The Morgan fingerprint density at radius 3 is 2.05 bits per heavy atom. The van der Waals surface area contributed by atoms with Gasteiger partial charge in [-0.2, -0.15) is 0 Å². The Balaban J connectivity index is 4.74. The van der Waals surface area contributed by atoms with Crippen molar-refractivity contribution < 1.29 is 24.3 Å². The van der Waals surface area contributed by atoms with Crippen LogP contribution in [0.15, 0.2) is 0 Å². The molecule has 114 valence electrons. The number of amides is 3. The largest absolute Gasteiger partial charge is 0.480 e. The highest BCUT2D eigenvalue weighted by Crippen LogP contribution is 2.04. The monoisotopic (exact) mass is 287 g/mol. The molecule has 0 saturated heterocycles. The first-order chi connectivity index (χ1) is 9.15. The summed E-state index contributed by atoms with van der Waals surface area (Å²) >= 11 is 0. The average molecular weight is 287 g/mol. The SMILES string of the molecule is CC(=O)N[C@H](C(=O)N[C@@H](CCC(N)=O)C(=O)O)C(C)C. The van der Waals surface area contributed by atoms with Crippen molar-refractivity contribution in [2.45, 2.75) is 45.7 Å². The number of nitrogens with one attached hydrogen (secondary N) is 2. The van der Waals surface area contributed by atoms with Crippen LogP contribution in [0.2, 0.25) is 0 Å². The molecule has 0 aliphatic heterocycles. The molecule has 0 fully saturated rings.